The topological polar surface area (TPSA) is 89.7 Å². The van der Waals surface area contributed by atoms with E-state index < -0.39 is 17.7 Å². The number of aromatic nitrogens is 1. The molecule has 1 amide bonds. The standard InChI is InChI=1S/C23H21FN2O5/c1-11-18(23(28)31-4)20(19-14-10-13(24)6-7-15(14)26-22(19)27)21(25-11)12-5-8-16(29-2)17(9-12)30-3/h5-10,19,25H,1-4H3,(H,26,27)/t19-/m1/s1. The Morgan fingerprint density at radius 1 is 1.03 bits per heavy atom. The van der Waals surface area contributed by atoms with E-state index in [-0.39, 0.29) is 11.5 Å². The number of aromatic amines is 1. The van der Waals surface area contributed by atoms with Crippen LogP contribution in [0.3, 0.4) is 0 Å². The van der Waals surface area contributed by atoms with Gasteiger partial charge in [0, 0.05) is 22.5 Å². The average Bonchev–Trinajstić information content (AvgIpc) is 3.27. The molecule has 4 rings (SSSR count). The fraction of sp³-hybridized carbons (Fsp3) is 0.217. The Morgan fingerprint density at radius 2 is 1.77 bits per heavy atom. The molecule has 7 nitrogen and oxygen atoms in total. The SMILES string of the molecule is COC(=O)c1c(C)[nH]c(-c2ccc(OC)c(OC)c2)c1[C@@H]1C(=O)Nc2ccc(F)cc21. The van der Waals surface area contributed by atoms with Gasteiger partial charge in [0.1, 0.15) is 5.82 Å². The molecule has 160 valence electrons. The van der Waals surface area contributed by atoms with Crippen LogP contribution in [0.5, 0.6) is 11.5 Å². The fourth-order valence-corrected chi connectivity index (χ4v) is 4.04. The first-order chi connectivity index (χ1) is 14.9. The molecule has 0 saturated heterocycles. The predicted molar refractivity (Wildman–Crippen MR) is 112 cm³/mol. The number of H-pyrrole nitrogens is 1. The zero-order chi connectivity index (χ0) is 22.3. The summed E-state index contributed by atoms with van der Waals surface area (Å²) >= 11 is 0. The highest BCUT2D eigenvalue weighted by molar-refractivity contribution is 6.08. The molecule has 0 bridgehead atoms. The monoisotopic (exact) mass is 424 g/mol. The largest absolute Gasteiger partial charge is 0.493 e. The smallest absolute Gasteiger partial charge is 0.340 e. The van der Waals surface area contributed by atoms with Crippen molar-refractivity contribution in [1.82, 2.24) is 4.98 Å². The number of benzene rings is 2. The Bertz CT molecular complexity index is 1200. The van der Waals surface area contributed by atoms with Gasteiger partial charge in [0.2, 0.25) is 5.91 Å². The number of amides is 1. The third kappa shape index (κ3) is 3.30. The van der Waals surface area contributed by atoms with Gasteiger partial charge in [0.05, 0.1) is 38.5 Å². The first-order valence-electron chi connectivity index (χ1n) is 9.53. The second-order valence-electron chi connectivity index (χ2n) is 7.13. The molecule has 8 heteroatoms. The summed E-state index contributed by atoms with van der Waals surface area (Å²) in [5.74, 6) is -1.29. The Labute approximate surface area is 178 Å². The van der Waals surface area contributed by atoms with Crippen molar-refractivity contribution in [2.75, 3.05) is 26.6 Å². The van der Waals surface area contributed by atoms with E-state index in [0.29, 0.717) is 45.3 Å². The molecule has 3 aromatic rings. The van der Waals surface area contributed by atoms with Gasteiger partial charge in [-0.05, 0) is 48.9 Å². The molecule has 1 aromatic heterocycles. The zero-order valence-corrected chi connectivity index (χ0v) is 17.5. The van der Waals surface area contributed by atoms with Crippen LogP contribution in [-0.2, 0) is 9.53 Å². The lowest BCUT2D eigenvalue weighted by Gasteiger charge is -2.15. The summed E-state index contributed by atoms with van der Waals surface area (Å²) in [6.07, 6.45) is 0. The van der Waals surface area contributed by atoms with Gasteiger partial charge >= 0.3 is 5.97 Å². The van der Waals surface area contributed by atoms with E-state index in [1.165, 1.54) is 39.5 Å². The normalized spacial score (nSPS) is 14.7. The molecular formula is C23H21FN2O5. The van der Waals surface area contributed by atoms with Gasteiger partial charge in [-0.25, -0.2) is 9.18 Å². The number of nitrogens with one attached hydrogen (secondary N) is 2. The number of rotatable bonds is 5. The molecule has 0 spiro atoms. The van der Waals surface area contributed by atoms with Crippen molar-refractivity contribution in [3.05, 3.63) is 64.6 Å². The van der Waals surface area contributed by atoms with Crippen LogP contribution < -0.4 is 14.8 Å². The number of hydrogen-bond donors (Lipinski definition) is 2. The number of esters is 1. The van der Waals surface area contributed by atoms with E-state index >= 15 is 0 Å². The number of hydrogen-bond acceptors (Lipinski definition) is 5. The Kier molecular flexibility index (Phi) is 5.14. The van der Waals surface area contributed by atoms with Crippen molar-refractivity contribution >= 4 is 17.6 Å². The van der Waals surface area contributed by atoms with Crippen LogP contribution >= 0.6 is 0 Å². The van der Waals surface area contributed by atoms with Crippen LogP contribution in [0.4, 0.5) is 10.1 Å². The number of anilines is 1. The first-order valence-corrected chi connectivity index (χ1v) is 9.53. The Morgan fingerprint density at radius 3 is 2.45 bits per heavy atom. The maximum Gasteiger partial charge on any atom is 0.340 e. The summed E-state index contributed by atoms with van der Waals surface area (Å²) in [6, 6.07) is 9.36. The summed E-state index contributed by atoms with van der Waals surface area (Å²) in [6.45, 7) is 1.72. The van der Waals surface area contributed by atoms with Crippen molar-refractivity contribution in [2.24, 2.45) is 0 Å². The van der Waals surface area contributed by atoms with Crippen LogP contribution in [0.25, 0.3) is 11.3 Å². The van der Waals surface area contributed by atoms with Gasteiger partial charge in [0.25, 0.3) is 0 Å². The molecule has 0 unspecified atom stereocenters. The predicted octanol–water partition coefficient (Wildman–Crippen LogP) is 4.02. The quantitative estimate of drug-likeness (QED) is 0.604. The highest BCUT2D eigenvalue weighted by Gasteiger charge is 2.39. The summed E-state index contributed by atoms with van der Waals surface area (Å²) in [5, 5.41) is 2.77. The molecule has 0 aliphatic carbocycles. The summed E-state index contributed by atoms with van der Waals surface area (Å²) in [4.78, 5) is 28.9. The number of aryl methyl sites for hydroxylation is 1. The van der Waals surface area contributed by atoms with E-state index in [1.807, 2.05) is 0 Å². The third-order valence-electron chi connectivity index (χ3n) is 5.42. The highest BCUT2D eigenvalue weighted by atomic mass is 19.1. The second-order valence-corrected chi connectivity index (χ2v) is 7.13. The molecule has 0 saturated carbocycles. The summed E-state index contributed by atoms with van der Waals surface area (Å²) in [5.41, 5.74) is 3.35. The lowest BCUT2D eigenvalue weighted by Crippen LogP contribution is -2.17. The molecule has 0 fully saturated rings. The number of ether oxygens (including phenoxy) is 3. The Balaban J connectivity index is 1.99. The molecule has 2 N–H and O–H groups in total. The van der Waals surface area contributed by atoms with Gasteiger partial charge in [-0.3, -0.25) is 4.79 Å². The maximum atomic E-state index is 14.0. The van der Waals surface area contributed by atoms with E-state index in [1.54, 1.807) is 25.1 Å². The number of carbonyl (C=O) groups excluding carboxylic acids is 2. The van der Waals surface area contributed by atoms with Crippen molar-refractivity contribution in [3.63, 3.8) is 0 Å². The van der Waals surface area contributed by atoms with E-state index in [2.05, 4.69) is 10.3 Å². The van der Waals surface area contributed by atoms with E-state index in [9.17, 15) is 14.0 Å². The van der Waals surface area contributed by atoms with Crippen LogP contribution in [0, 0.1) is 12.7 Å². The first kappa shape index (κ1) is 20.5. The van der Waals surface area contributed by atoms with Gasteiger partial charge in [-0.1, -0.05) is 0 Å². The molecule has 1 atom stereocenters. The van der Waals surface area contributed by atoms with Crippen LogP contribution in [-0.4, -0.2) is 38.2 Å². The van der Waals surface area contributed by atoms with E-state index in [4.69, 9.17) is 14.2 Å². The Hall–Kier alpha value is -3.81. The zero-order valence-electron chi connectivity index (χ0n) is 17.5. The van der Waals surface area contributed by atoms with Gasteiger partial charge in [0.15, 0.2) is 11.5 Å². The lowest BCUT2D eigenvalue weighted by atomic mass is 9.87. The summed E-state index contributed by atoms with van der Waals surface area (Å²) < 4.78 is 29.7. The van der Waals surface area contributed by atoms with Gasteiger partial charge < -0.3 is 24.5 Å². The number of halogens is 1. The minimum atomic E-state index is -0.896. The molecule has 2 heterocycles. The summed E-state index contributed by atoms with van der Waals surface area (Å²) in [7, 11) is 4.33. The van der Waals surface area contributed by atoms with Crippen molar-refractivity contribution in [2.45, 2.75) is 12.8 Å². The molecule has 2 aromatic carbocycles. The van der Waals surface area contributed by atoms with Gasteiger partial charge in [-0.15, -0.1) is 0 Å². The van der Waals surface area contributed by atoms with Crippen molar-refractivity contribution in [1.29, 1.82) is 0 Å². The lowest BCUT2D eigenvalue weighted by molar-refractivity contribution is -0.116. The van der Waals surface area contributed by atoms with Crippen LogP contribution in [0.15, 0.2) is 36.4 Å². The number of carbonyl (C=O) groups is 2. The molecule has 31 heavy (non-hydrogen) atoms. The fourth-order valence-electron chi connectivity index (χ4n) is 4.04. The minimum Gasteiger partial charge on any atom is -0.493 e. The highest BCUT2D eigenvalue weighted by Crippen LogP contribution is 2.45. The molecular weight excluding hydrogens is 403 g/mol. The van der Waals surface area contributed by atoms with Crippen molar-refractivity contribution in [3.8, 4) is 22.8 Å². The van der Waals surface area contributed by atoms with Crippen molar-refractivity contribution < 1.29 is 28.2 Å². The second kappa shape index (κ2) is 7.79. The average molecular weight is 424 g/mol. The molecule has 1 aliphatic rings. The number of fused-ring (bicyclic) bond motifs is 1. The van der Waals surface area contributed by atoms with E-state index in [0.717, 1.165) is 0 Å². The molecule has 1 aliphatic heterocycles. The number of methoxy groups -OCH3 is 3. The minimum absolute atomic E-state index is 0.240. The van der Waals surface area contributed by atoms with Crippen LogP contribution in [0.2, 0.25) is 0 Å². The third-order valence-corrected chi connectivity index (χ3v) is 5.42. The molecule has 0 radical (unpaired) electrons. The van der Waals surface area contributed by atoms with Gasteiger partial charge in [-0.2, -0.15) is 0 Å². The van der Waals surface area contributed by atoms with Crippen LogP contribution in [0.1, 0.15) is 33.1 Å². The maximum absolute atomic E-state index is 14.0.